The zero-order chi connectivity index (χ0) is 18.0. The van der Waals surface area contributed by atoms with Gasteiger partial charge in [-0.25, -0.2) is 4.79 Å². The molecule has 0 spiro atoms. The molecule has 1 aliphatic heterocycles. The van der Waals surface area contributed by atoms with E-state index >= 15 is 0 Å². The Kier molecular flexibility index (Phi) is 4.36. The van der Waals surface area contributed by atoms with E-state index in [0.717, 1.165) is 33.7 Å². The number of carbonyl (C=O) groups is 1. The van der Waals surface area contributed by atoms with Crippen molar-refractivity contribution < 1.29 is 14.6 Å². The number of aliphatic carboxylic acids is 1. The lowest BCUT2D eigenvalue weighted by molar-refractivity contribution is -0.131. The van der Waals surface area contributed by atoms with Gasteiger partial charge in [0.15, 0.2) is 0 Å². The van der Waals surface area contributed by atoms with Gasteiger partial charge >= 0.3 is 5.97 Å². The highest BCUT2D eigenvalue weighted by molar-refractivity contribution is 5.92. The Balaban J connectivity index is 2.12. The maximum absolute atomic E-state index is 10.9. The molecule has 128 valence electrons. The second kappa shape index (κ2) is 6.48. The predicted octanol–water partition coefficient (Wildman–Crippen LogP) is 4.59. The topological polar surface area (TPSA) is 58.6 Å². The van der Waals surface area contributed by atoms with E-state index in [9.17, 15) is 4.79 Å². The molecule has 1 heterocycles. The number of anilines is 1. The monoisotopic (exact) mass is 335 g/mol. The summed E-state index contributed by atoms with van der Waals surface area (Å²) in [6.07, 6.45) is 4.86. The maximum Gasteiger partial charge on any atom is 0.328 e. The van der Waals surface area contributed by atoms with Gasteiger partial charge in [0.2, 0.25) is 0 Å². The largest absolute Gasteiger partial charge is 0.496 e. The fraction of sp³-hybridized carbons (Fsp3) is 0.190. The molecule has 0 unspecified atom stereocenters. The van der Waals surface area contributed by atoms with Gasteiger partial charge in [0.1, 0.15) is 5.75 Å². The summed E-state index contributed by atoms with van der Waals surface area (Å²) in [5.41, 5.74) is 4.61. The normalized spacial score (nSPS) is 15.2. The van der Waals surface area contributed by atoms with Gasteiger partial charge in [0, 0.05) is 22.9 Å². The molecule has 0 aromatic heterocycles. The molecule has 0 bridgehead atoms. The number of para-hydroxylation sites is 1. The lowest BCUT2D eigenvalue weighted by atomic mass is 9.88. The van der Waals surface area contributed by atoms with Crippen molar-refractivity contribution in [3.05, 3.63) is 66.3 Å². The Morgan fingerprint density at radius 1 is 1.16 bits per heavy atom. The van der Waals surface area contributed by atoms with Crippen molar-refractivity contribution in [2.24, 2.45) is 0 Å². The molecule has 4 nitrogen and oxygen atoms in total. The van der Waals surface area contributed by atoms with Crippen molar-refractivity contribution in [3.8, 4) is 16.9 Å². The van der Waals surface area contributed by atoms with Crippen LogP contribution < -0.4 is 10.1 Å². The maximum atomic E-state index is 10.9. The van der Waals surface area contributed by atoms with Crippen LogP contribution in [0.5, 0.6) is 5.75 Å². The molecule has 0 amide bonds. The molecule has 2 aromatic rings. The van der Waals surface area contributed by atoms with Crippen LogP contribution in [0.15, 0.2) is 60.7 Å². The molecule has 0 aliphatic carbocycles. The van der Waals surface area contributed by atoms with E-state index in [1.54, 1.807) is 13.2 Å². The van der Waals surface area contributed by atoms with E-state index in [-0.39, 0.29) is 5.54 Å². The average Bonchev–Trinajstić information content (AvgIpc) is 2.58. The summed E-state index contributed by atoms with van der Waals surface area (Å²) in [5, 5.41) is 12.4. The van der Waals surface area contributed by atoms with Crippen molar-refractivity contribution >= 4 is 17.2 Å². The molecule has 0 saturated carbocycles. The third-order valence-corrected chi connectivity index (χ3v) is 4.13. The number of hydrogen-bond acceptors (Lipinski definition) is 3. The standard InChI is InChI=1S/C21H21NO3/c1-21(2)13-15(9-11-20(23)24)17-12-14(8-10-18(17)22-21)16-6-4-5-7-19(16)25-3/h4-13,22H,1-3H3,(H,23,24)/b11-9+. The van der Waals surface area contributed by atoms with E-state index in [2.05, 4.69) is 25.2 Å². The molecule has 25 heavy (non-hydrogen) atoms. The minimum absolute atomic E-state index is 0.253. The first-order valence-corrected chi connectivity index (χ1v) is 8.09. The van der Waals surface area contributed by atoms with Crippen molar-refractivity contribution in [2.45, 2.75) is 19.4 Å². The highest BCUT2D eigenvalue weighted by Crippen LogP contribution is 2.39. The third kappa shape index (κ3) is 3.58. The highest BCUT2D eigenvalue weighted by Gasteiger charge is 2.23. The summed E-state index contributed by atoms with van der Waals surface area (Å²) in [5.74, 6) is -0.155. The number of rotatable bonds is 4. The lowest BCUT2D eigenvalue weighted by Crippen LogP contribution is -2.31. The molecule has 2 N–H and O–H groups in total. The van der Waals surface area contributed by atoms with Crippen molar-refractivity contribution in [1.29, 1.82) is 0 Å². The molecule has 0 saturated heterocycles. The lowest BCUT2D eigenvalue weighted by Gasteiger charge is -2.32. The van der Waals surface area contributed by atoms with E-state index < -0.39 is 5.97 Å². The molecule has 0 radical (unpaired) electrons. The number of methoxy groups -OCH3 is 1. The minimum atomic E-state index is -0.959. The Bertz CT molecular complexity index is 878. The molecule has 1 aliphatic rings. The number of benzene rings is 2. The van der Waals surface area contributed by atoms with Crippen LogP contribution in [0.1, 0.15) is 19.4 Å². The first-order valence-electron chi connectivity index (χ1n) is 8.09. The zero-order valence-electron chi connectivity index (χ0n) is 14.5. The van der Waals surface area contributed by atoms with Gasteiger partial charge in [-0.15, -0.1) is 0 Å². The van der Waals surface area contributed by atoms with Crippen LogP contribution in [-0.2, 0) is 4.79 Å². The molecule has 3 rings (SSSR count). The van der Waals surface area contributed by atoms with Crippen LogP contribution in [0.3, 0.4) is 0 Å². The van der Waals surface area contributed by atoms with Gasteiger partial charge in [-0.3, -0.25) is 0 Å². The van der Waals surface area contributed by atoms with Crippen LogP contribution >= 0.6 is 0 Å². The van der Waals surface area contributed by atoms with E-state index in [1.807, 2.05) is 42.5 Å². The van der Waals surface area contributed by atoms with Crippen LogP contribution in [0, 0.1) is 0 Å². The number of carboxylic acids is 1. The Hall–Kier alpha value is -3.01. The number of carboxylic acid groups (broad SMARTS) is 1. The number of nitrogens with one attached hydrogen (secondary N) is 1. The minimum Gasteiger partial charge on any atom is -0.496 e. The second-order valence-electron chi connectivity index (χ2n) is 6.58. The summed E-state index contributed by atoms with van der Waals surface area (Å²) < 4.78 is 5.46. The molecule has 2 aromatic carbocycles. The van der Waals surface area contributed by atoms with Crippen molar-refractivity contribution in [3.63, 3.8) is 0 Å². The van der Waals surface area contributed by atoms with Crippen LogP contribution in [0.4, 0.5) is 5.69 Å². The van der Waals surface area contributed by atoms with Gasteiger partial charge in [0.05, 0.1) is 12.6 Å². The second-order valence-corrected chi connectivity index (χ2v) is 6.58. The van der Waals surface area contributed by atoms with Gasteiger partial charge in [-0.2, -0.15) is 0 Å². The Labute approximate surface area is 147 Å². The van der Waals surface area contributed by atoms with Gasteiger partial charge in [-0.05, 0) is 49.3 Å². The molecule has 0 atom stereocenters. The number of allylic oxidation sites excluding steroid dienone is 2. The predicted molar refractivity (Wildman–Crippen MR) is 101 cm³/mol. The first kappa shape index (κ1) is 16.8. The molecular weight excluding hydrogens is 314 g/mol. The summed E-state index contributed by atoms with van der Waals surface area (Å²) in [7, 11) is 1.66. The zero-order valence-corrected chi connectivity index (χ0v) is 14.5. The van der Waals surface area contributed by atoms with Crippen molar-refractivity contribution in [1.82, 2.24) is 0 Å². The number of hydrogen-bond donors (Lipinski definition) is 2. The van der Waals surface area contributed by atoms with Gasteiger partial charge < -0.3 is 15.2 Å². The van der Waals surface area contributed by atoms with Crippen LogP contribution in [-0.4, -0.2) is 23.7 Å². The molecule has 0 fully saturated rings. The average molecular weight is 335 g/mol. The van der Waals surface area contributed by atoms with Crippen molar-refractivity contribution in [2.75, 3.05) is 12.4 Å². The summed E-state index contributed by atoms with van der Waals surface area (Å²) >= 11 is 0. The first-order chi connectivity index (χ1) is 11.9. The van der Waals surface area contributed by atoms with E-state index in [1.165, 1.54) is 6.08 Å². The smallest absolute Gasteiger partial charge is 0.328 e. The molecule has 4 heteroatoms. The van der Waals surface area contributed by atoms with Crippen LogP contribution in [0.25, 0.3) is 16.7 Å². The fourth-order valence-electron chi connectivity index (χ4n) is 3.09. The Morgan fingerprint density at radius 2 is 1.92 bits per heavy atom. The van der Waals surface area contributed by atoms with Gasteiger partial charge in [0.25, 0.3) is 0 Å². The SMILES string of the molecule is COc1ccccc1-c1ccc2c(c1)C(/C=C/C(=O)O)=CC(C)(C)N2. The molecular formula is C21H21NO3. The summed E-state index contributed by atoms with van der Waals surface area (Å²) in [6, 6.07) is 14.0. The van der Waals surface area contributed by atoms with Crippen LogP contribution in [0.2, 0.25) is 0 Å². The number of fused-ring (bicyclic) bond motifs is 1. The van der Waals surface area contributed by atoms with E-state index in [0.29, 0.717) is 0 Å². The van der Waals surface area contributed by atoms with E-state index in [4.69, 9.17) is 9.84 Å². The van der Waals surface area contributed by atoms with Gasteiger partial charge in [-0.1, -0.05) is 30.3 Å². The highest BCUT2D eigenvalue weighted by atomic mass is 16.5. The summed E-state index contributed by atoms with van der Waals surface area (Å²) in [4.78, 5) is 10.9. The summed E-state index contributed by atoms with van der Waals surface area (Å²) in [6.45, 7) is 4.11. The quantitative estimate of drug-likeness (QED) is 0.802. The number of ether oxygens (including phenoxy) is 1. The third-order valence-electron chi connectivity index (χ3n) is 4.13. The fourth-order valence-corrected chi connectivity index (χ4v) is 3.09. The Morgan fingerprint density at radius 3 is 2.64 bits per heavy atom.